The van der Waals surface area contributed by atoms with Gasteiger partial charge in [-0.2, -0.15) is 0 Å². The fourth-order valence-electron chi connectivity index (χ4n) is 1.76. The van der Waals surface area contributed by atoms with Crippen molar-refractivity contribution >= 4 is 5.97 Å². The third-order valence-electron chi connectivity index (χ3n) is 3.29. The number of carbonyl (C=O) groups excluding carboxylic acids is 1. The lowest BCUT2D eigenvalue weighted by Gasteiger charge is -2.28. The summed E-state index contributed by atoms with van der Waals surface area (Å²) in [6.07, 6.45) is 4.25. The number of hydrogen-bond donors (Lipinski definition) is 1. The van der Waals surface area contributed by atoms with Crippen LogP contribution >= 0.6 is 0 Å². The van der Waals surface area contributed by atoms with Crippen molar-refractivity contribution in [2.75, 3.05) is 26.4 Å². The van der Waals surface area contributed by atoms with Crippen LogP contribution in [0.4, 0.5) is 0 Å². The Hall–Kier alpha value is -0.610. The molecule has 0 saturated heterocycles. The molecule has 0 amide bonds. The molecule has 0 aromatic heterocycles. The highest BCUT2D eigenvalue weighted by Gasteiger charge is 2.33. The molecule has 1 aliphatic carbocycles. The zero-order chi connectivity index (χ0) is 13.4. The number of ether oxygens (including phenoxy) is 2. The van der Waals surface area contributed by atoms with Gasteiger partial charge in [0.2, 0.25) is 0 Å². The van der Waals surface area contributed by atoms with Gasteiger partial charge in [-0.25, -0.2) is 0 Å². The summed E-state index contributed by atoms with van der Waals surface area (Å²) in [5, 5.41) is 3.28. The van der Waals surface area contributed by atoms with E-state index in [4.69, 9.17) is 9.47 Å². The van der Waals surface area contributed by atoms with Crippen LogP contribution in [0.5, 0.6) is 0 Å². The van der Waals surface area contributed by atoms with E-state index < -0.39 is 5.54 Å². The first kappa shape index (κ1) is 15.4. The lowest BCUT2D eigenvalue weighted by atomic mass is 9.98. The quantitative estimate of drug-likeness (QED) is 0.481. The molecular formula is C14H27NO3. The van der Waals surface area contributed by atoms with E-state index >= 15 is 0 Å². The molecule has 1 rings (SSSR count). The number of rotatable bonds is 10. The van der Waals surface area contributed by atoms with Crippen LogP contribution in [0, 0.1) is 5.92 Å². The van der Waals surface area contributed by atoms with Crippen LogP contribution in [0.3, 0.4) is 0 Å². The van der Waals surface area contributed by atoms with E-state index in [1.54, 1.807) is 0 Å². The Labute approximate surface area is 110 Å². The molecule has 0 bridgehead atoms. The Balaban J connectivity index is 2.33. The lowest BCUT2D eigenvalue weighted by molar-refractivity contribution is -0.151. The van der Waals surface area contributed by atoms with Crippen LogP contribution in [0.2, 0.25) is 0 Å². The first-order valence-electron chi connectivity index (χ1n) is 7.12. The van der Waals surface area contributed by atoms with E-state index in [1.165, 1.54) is 12.8 Å². The van der Waals surface area contributed by atoms with Gasteiger partial charge >= 0.3 is 5.97 Å². The van der Waals surface area contributed by atoms with Crippen LogP contribution < -0.4 is 5.32 Å². The van der Waals surface area contributed by atoms with Gasteiger partial charge in [-0.3, -0.25) is 4.79 Å². The predicted molar refractivity (Wildman–Crippen MR) is 71.5 cm³/mol. The van der Waals surface area contributed by atoms with E-state index in [0.29, 0.717) is 19.6 Å². The minimum atomic E-state index is -0.616. The largest absolute Gasteiger partial charge is 0.465 e. The normalized spacial score (nSPS) is 18.4. The molecule has 1 atom stereocenters. The Morgan fingerprint density at radius 1 is 1.39 bits per heavy atom. The van der Waals surface area contributed by atoms with E-state index in [2.05, 4.69) is 12.2 Å². The number of esters is 1. The van der Waals surface area contributed by atoms with Gasteiger partial charge in [0.25, 0.3) is 0 Å². The van der Waals surface area contributed by atoms with Crippen LogP contribution in [0.1, 0.15) is 46.5 Å². The summed E-state index contributed by atoms with van der Waals surface area (Å²) < 4.78 is 10.8. The Morgan fingerprint density at radius 2 is 2.11 bits per heavy atom. The van der Waals surface area contributed by atoms with Crippen molar-refractivity contribution in [3.63, 3.8) is 0 Å². The van der Waals surface area contributed by atoms with Crippen molar-refractivity contribution in [1.29, 1.82) is 0 Å². The molecule has 4 nitrogen and oxygen atoms in total. The molecule has 0 radical (unpaired) electrons. The first-order valence-corrected chi connectivity index (χ1v) is 7.12. The summed E-state index contributed by atoms with van der Waals surface area (Å²) in [5.74, 6) is 0.593. The highest BCUT2D eigenvalue weighted by atomic mass is 16.5. The van der Waals surface area contributed by atoms with Crippen molar-refractivity contribution in [3.8, 4) is 0 Å². The van der Waals surface area contributed by atoms with Crippen LogP contribution in [0.15, 0.2) is 0 Å². The van der Waals surface area contributed by atoms with Gasteiger partial charge in [-0.1, -0.05) is 6.92 Å². The molecule has 0 aliphatic heterocycles. The molecular weight excluding hydrogens is 230 g/mol. The standard InChI is InChI=1S/C14H27NO3/c1-4-9-15-14(3,13(16)18-5-2)8-10-17-11-12-6-7-12/h12,15H,4-11H2,1-3H3. The summed E-state index contributed by atoms with van der Waals surface area (Å²) in [6.45, 7) is 8.52. The van der Waals surface area contributed by atoms with Crippen LogP contribution in [-0.4, -0.2) is 37.9 Å². The summed E-state index contributed by atoms with van der Waals surface area (Å²) in [7, 11) is 0. The molecule has 1 saturated carbocycles. The molecule has 1 fully saturated rings. The topological polar surface area (TPSA) is 47.6 Å². The zero-order valence-electron chi connectivity index (χ0n) is 12.0. The summed E-state index contributed by atoms with van der Waals surface area (Å²) in [4.78, 5) is 12.0. The Morgan fingerprint density at radius 3 is 2.67 bits per heavy atom. The Kier molecular flexibility index (Phi) is 6.65. The molecule has 1 N–H and O–H groups in total. The molecule has 0 aromatic carbocycles. The third-order valence-corrected chi connectivity index (χ3v) is 3.29. The predicted octanol–water partition coefficient (Wildman–Crippen LogP) is 2.12. The van der Waals surface area contributed by atoms with Crippen molar-refractivity contribution in [2.45, 2.75) is 52.0 Å². The maximum Gasteiger partial charge on any atom is 0.326 e. The number of hydrogen-bond acceptors (Lipinski definition) is 4. The second-order valence-corrected chi connectivity index (χ2v) is 5.25. The van der Waals surface area contributed by atoms with Gasteiger partial charge in [0, 0.05) is 13.2 Å². The third kappa shape index (κ3) is 5.36. The molecule has 1 unspecified atom stereocenters. The SMILES string of the molecule is CCCNC(C)(CCOCC1CC1)C(=O)OCC. The van der Waals surface area contributed by atoms with Crippen molar-refractivity contribution < 1.29 is 14.3 Å². The maximum atomic E-state index is 12.0. The fraction of sp³-hybridized carbons (Fsp3) is 0.929. The van der Waals surface area contributed by atoms with Gasteiger partial charge in [0.05, 0.1) is 6.61 Å². The van der Waals surface area contributed by atoms with E-state index in [1.807, 2.05) is 13.8 Å². The molecule has 106 valence electrons. The zero-order valence-corrected chi connectivity index (χ0v) is 12.0. The number of nitrogens with one attached hydrogen (secondary N) is 1. The maximum absolute atomic E-state index is 12.0. The van der Waals surface area contributed by atoms with Crippen molar-refractivity contribution in [3.05, 3.63) is 0 Å². The summed E-state index contributed by atoms with van der Waals surface area (Å²) in [6, 6.07) is 0. The van der Waals surface area contributed by atoms with Gasteiger partial charge in [-0.15, -0.1) is 0 Å². The van der Waals surface area contributed by atoms with E-state index in [9.17, 15) is 4.79 Å². The Bertz CT molecular complexity index is 253. The monoisotopic (exact) mass is 257 g/mol. The average Bonchev–Trinajstić information content (AvgIpc) is 3.16. The van der Waals surface area contributed by atoms with E-state index in [0.717, 1.165) is 25.5 Å². The first-order chi connectivity index (χ1) is 8.62. The molecule has 1 aliphatic rings. The van der Waals surface area contributed by atoms with Crippen molar-refractivity contribution in [2.24, 2.45) is 5.92 Å². The highest BCUT2D eigenvalue weighted by Crippen LogP contribution is 2.29. The molecule has 0 spiro atoms. The second-order valence-electron chi connectivity index (χ2n) is 5.25. The summed E-state index contributed by atoms with van der Waals surface area (Å²) in [5.41, 5.74) is -0.616. The van der Waals surface area contributed by atoms with Crippen LogP contribution in [-0.2, 0) is 14.3 Å². The molecule has 0 aromatic rings. The smallest absolute Gasteiger partial charge is 0.326 e. The van der Waals surface area contributed by atoms with Crippen LogP contribution in [0.25, 0.3) is 0 Å². The minimum Gasteiger partial charge on any atom is -0.465 e. The second kappa shape index (κ2) is 7.74. The van der Waals surface area contributed by atoms with Crippen molar-refractivity contribution in [1.82, 2.24) is 5.32 Å². The van der Waals surface area contributed by atoms with Gasteiger partial charge < -0.3 is 14.8 Å². The molecule has 0 heterocycles. The van der Waals surface area contributed by atoms with Gasteiger partial charge in [-0.05, 0) is 52.0 Å². The molecule has 4 heteroatoms. The lowest BCUT2D eigenvalue weighted by Crippen LogP contribution is -2.51. The van der Waals surface area contributed by atoms with Gasteiger partial charge in [0.15, 0.2) is 0 Å². The average molecular weight is 257 g/mol. The number of carbonyl (C=O) groups is 1. The van der Waals surface area contributed by atoms with Gasteiger partial charge in [0.1, 0.15) is 5.54 Å². The minimum absolute atomic E-state index is 0.173. The van der Waals surface area contributed by atoms with E-state index in [-0.39, 0.29) is 5.97 Å². The molecule has 18 heavy (non-hydrogen) atoms. The summed E-state index contributed by atoms with van der Waals surface area (Å²) >= 11 is 0. The highest BCUT2D eigenvalue weighted by molar-refractivity contribution is 5.80. The fourth-order valence-corrected chi connectivity index (χ4v) is 1.76.